The number of esters is 1. The van der Waals surface area contributed by atoms with E-state index in [-0.39, 0.29) is 12.2 Å². The van der Waals surface area contributed by atoms with E-state index in [9.17, 15) is 18.0 Å². The summed E-state index contributed by atoms with van der Waals surface area (Å²) in [6.07, 6.45) is -0.405. The standard InChI is InChI=1S/C15H12ClF3N2O2S/c1-23-13(22)5-3-9-2-4-10(15(17,18)19)6-12(9)20-7-11-8-21-14(16)24-11/h2-6,8,20H,7H2,1H3. The highest BCUT2D eigenvalue weighted by atomic mass is 35.5. The number of benzene rings is 1. The summed E-state index contributed by atoms with van der Waals surface area (Å²) in [5.41, 5.74) is -0.138. The van der Waals surface area contributed by atoms with Crippen LogP contribution in [0.5, 0.6) is 0 Å². The van der Waals surface area contributed by atoms with Crippen LogP contribution >= 0.6 is 22.9 Å². The number of halogens is 4. The molecular formula is C15H12ClF3N2O2S. The van der Waals surface area contributed by atoms with E-state index in [1.807, 2.05) is 0 Å². The van der Waals surface area contributed by atoms with E-state index in [4.69, 9.17) is 11.6 Å². The molecule has 128 valence electrons. The quantitative estimate of drug-likeness (QED) is 0.611. The lowest BCUT2D eigenvalue weighted by molar-refractivity contribution is -0.137. The fourth-order valence-corrected chi connectivity index (χ4v) is 2.72. The number of aromatic nitrogens is 1. The van der Waals surface area contributed by atoms with Crippen molar-refractivity contribution in [3.63, 3.8) is 0 Å². The first-order valence-electron chi connectivity index (χ1n) is 6.61. The minimum atomic E-state index is -4.46. The monoisotopic (exact) mass is 376 g/mol. The maximum Gasteiger partial charge on any atom is 0.416 e. The van der Waals surface area contributed by atoms with Crippen molar-refractivity contribution in [2.24, 2.45) is 0 Å². The van der Waals surface area contributed by atoms with Gasteiger partial charge in [0, 0.05) is 22.8 Å². The molecule has 2 rings (SSSR count). The van der Waals surface area contributed by atoms with Gasteiger partial charge in [0.15, 0.2) is 4.47 Å². The molecule has 1 aromatic heterocycles. The molecule has 2 aromatic rings. The maximum absolute atomic E-state index is 12.9. The van der Waals surface area contributed by atoms with Crippen molar-refractivity contribution in [3.8, 4) is 0 Å². The van der Waals surface area contributed by atoms with Crippen molar-refractivity contribution in [2.75, 3.05) is 12.4 Å². The van der Waals surface area contributed by atoms with Crippen LogP contribution in [0.3, 0.4) is 0 Å². The number of hydrogen-bond donors (Lipinski definition) is 1. The second kappa shape index (κ2) is 7.67. The Kier molecular flexibility index (Phi) is 5.84. The molecule has 0 radical (unpaired) electrons. The molecule has 24 heavy (non-hydrogen) atoms. The van der Waals surface area contributed by atoms with Gasteiger partial charge in [-0.05, 0) is 23.8 Å². The van der Waals surface area contributed by atoms with Gasteiger partial charge in [-0.2, -0.15) is 13.2 Å². The average Bonchev–Trinajstić information content (AvgIpc) is 2.95. The van der Waals surface area contributed by atoms with E-state index >= 15 is 0 Å². The summed E-state index contributed by atoms with van der Waals surface area (Å²) in [6.45, 7) is 0.255. The van der Waals surface area contributed by atoms with E-state index in [1.165, 1.54) is 36.8 Å². The first kappa shape index (κ1) is 18.3. The number of carbonyl (C=O) groups excluding carboxylic acids is 1. The van der Waals surface area contributed by atoms with Crippen LogP contribution in [-0.4, -0.2) is 18.1 Å². The first-order chi connectivity index (χ1) is 11.3. The molecule has 0 unspecified atom stereocenters. The van der Waals surface area contributed by atoms with Gasteiger partial charge in [0.1, 0.15) is 0 Å². The highest BCUT2D eigenvalue weighted by Gasteiger charge is 2.30. The smallest absolute Gasteiger partial charge is 0.416 e. The Morgan fingerprint density at radius 3 is 2.79 bits per heavy atom. The number of hydrogen-bond acceptors (Lipinski definition) is 5. The molecule has 1 N–H and O–H groups in total. The Morgan fingerprint density at radius 2 is 2.21 bits per heavy atom. The number of methoxy groups -OCH3 is 1. The molecule has 0 fully saturated rings. The highest BCUT2D eigenvalue weighted by Crippen LogP contribution is 2.33. The van der Waals surface area contributed by atoms with Crippen molar-refractivity contribution in [2.45, 2.75) is 12.7 Å². The van der Waals surface area contributed by atoms with Crippen LogP contribution in [0.15, 0.2) is 30.5 Å². The summed E-state index contributed by atoms with van der Waals surface area (Å²) in [4.78, 5) is 15.8. The van der Waals surface area contributed by atoms with Crippen molar-refractivity contribution in [1.82, 2.24) is 4.98 Å². The predicted molar refractivity (Wildman–Crippen MR) is 86.9 cm³/mol. The lowest BCUT2D eigenvalue weighted by Gasteiger charge is -2.13. The highest BCUT2D eigenvalue weighted by molar-refractivity contribution is 7.15. The lowest BCUT2D eigenvalue weighted by atomic mass is 10.1. The molecule has 0 aliphatic heterocycles. The van der Waals surface area contributed by atoms with Gasteiger partial charge >= 0.3 is 12.1 Å². The summed E-state index contributed by atoms with van der Waals surface area (Å²) in [5.74, 6) is -0.602. The summed E-state index contributed by atoms with van der Waals surface area (Å²) < 4.78 is 43.5. The third-order valence-electron chi connectivity index (χ3n) is 2.96. The van der Waals surface area contributed by atoms with E-state index in [0.29, 0.717) is 10.0 Å². The van der Waals surface area contributed by atoms with Crippen LogP contribution < -0.4 is 5.32 Å². The molecule has 0 spiro atoms. The van der Waals surface area contributed by atoms with Crippen LogP contribution in [0, 0.1) is 0 Å². The Balaban J connectivity index is 2.28. The number of nitrogens with one attached hydrogen (secondary N) is 1. The van der Waals surface area contributed by atoms with Gasteiger partial charge in [-0.1, -0.05) is 17.7 Å². The summed E-state index contributed by atoms with van der Waals surface area (Å²) >= 11 is 6.95. The zero-order chi connectivity index (χ0) is 17.7. The second-order valence-corrected chi connectivity index (χ2v) is 6.29. The fraction of sp³-hybridized carbons (Fsp3) is 0.200. The molecule has 4 nitrogen and oxygen atoms in total. The van der Waals surface area contributed by atoms with Gasteiger partial charge in [-0.15, -0.1) is 11.3 Å². The number of nitrogens with zero attached hydrogens (tertiary/aromatic N) is 1. The molecule has 1 aromatic carbocycles. The first-order valence-corrected chi connectivity index (χ1v) is 7.80. The predicted octanol–water partition coefficient (Wildman–Crippen LogP) is 4.61. The second-order valence-electron chi connectivity index (χ2n) is 4.59. The van der Waals surface area contributed by atoms with Crippen molar-refractivity contribution < 1.29 is 22.7 Å². The summed E-state index contributed by atoms with van der Waals surface area (Å²) in [6, 6.07) is 3.22. The number of thiazole rings is 1. The van der Waals surface area contributed by atoms with Gasteiger partial charge in [-0.3, -0.25) is 0 Å². The van der Waals surface area contributed by atoms with Crippen LogP contribution in [-0.2, 0) is 22.3 Å². The number of rotatable bonds is 5. The molecule has 1 heterocycles. The molecule has 0 aliphatic carbocycles. The van der Waals surface area contributed by atoms with Crippen LogP contribution in [0.4, 0.5) is 18.9 Å². The lowest BCUT2D eigenvalue weighted by Crippen LogP contribution is -2.07. The van der Waals surface area contributed by atoms with Gasteiger partial charge in [-0.25, -0.2) is 9.78 Å². The number of carbonyl (C=O) groups is 1. The fourth-order valence-electron chi connectivity index (χ4n) is 1.80. The Hall–Kier alpha value is -2.06. The van der Waals surface area contributed by atoms with Crippen LogP contribution in [0.25, 0.3) is 6.08 Å². The average molecular weight is 377 g/mol. The minimum Gasteiger partial charge on any atom is -0.466 e. The van der Waals surface area contributed by atoms with Gasteiger partial charge in [0.05, 0.1) is 19.2 Å². The van der Waals surface area contributed by atoms with Gasteiger partial charge in [0.25, 0.3) is 0 Å². The van der Waals surface area contributed by atoms with E-state index < -0.39 is 17.7 Å². The number of anilines is 1. The van der Waals surface area contributed by atoms with E-state index in [0.717, 1.165) is 23.1 Å². The zero-order valence-corrected chi connectivity index (χ0v) is 13.9. The van der Waals surface area contributed by atoms with Crippen molar-refractivity contribution in [3.05, 3.63) is 50.9 Å². The molecule has 0 bridgehead atoms. The third-order valence-corrected chi connectivity index (χ3v) is 4.07. The molecule has 0 saturated heterocycles. The van der Waals surface area contributed by atoms with Gasteiger partial charge < -0.3 is 10.1 Å². The van der Waals surface area contributed by atoms with Crippen molar-refractivity contribution >= 4 is 40.7 Å². The topological polar surface area (TPSA) is 51.2 Å². The molecular weight excluding hydrogens is 365 g/mol. The zero-order valence-electron chi connectivity index (χ0n) is 12.4. The van der Waals surface area contributed by atoms with Gasteiger partial charge in [0.2, 0.25) is 0 Å². The molecule has 9 heteroatoms. The molecule has 0 saturated carbocycles. The van der Waals surface area contributed by atoms with E-state index in [2.05, 4.69) is 15.0 Å². The number of ether oxygens (including phenoxy) is 1. The Labute approximate surface area is 144 Å². The molecule has 0 atom stereocenters. The normalized spacial score (nSPS) is 11.7. The minimum absolute atomic E-state index is 0.231. The largest absolute Gasteiger partial charge is 0.466 e. The SMILES string of the molecule is COC(=O)C=Cc1ccc(C(F)(F)F)cc1NCc1cnc(Cl)s1. The van der Waals surface area contributed by atoms with Crippen molar-refractivity contribution in [1.29, 1.82) is 0 Å². The summed E-state index contributed by atoms with van der Waals surface area (Å²) in [7, 11) is 1.21. The third kappa shape index (κ3) is 4.97. The van der Waals surface area contributed by atoms with E-state index in [1.54, 1.807) is 0 Å². The maximum atomic E-state index is 12.9. The van der Waals surface area contributed by atoms with Crippen LogP contribution in [0.2, 0.25) is 4.47 Å². The Morgan fingerprint density at radius 1 is 1.46 bits per heavy atom. The molecule has 0 aliphatic rings. The number of alkyl halides is 3. The summed E-state index contributed by atoms with van der Waals surface area (Å²) in [5, 5.41) is 2.91. The van der Waals surface area contributed by atoms with Crippen LogP contribution in [0.1, 0.15) is 16.0 Å². The Bertz CT molecular complexity index is 759. The molecule has 0 amide bonds.